The minimum Gasteiger partial charge on any atom is -0.368 e. The van der Waals surface area contributed by atoms with E-state index in [1.54, 1.807) is 6.07 Å². The number of non-ortho nitro benzene ring substituents is 1. The molecule has 0 amide bonds. The first-order valence-corrected chi connectivity index (χ1v) is 7.90. The van der Waals surface area contributed by atoms with Crippen LogP contribution in [-0.4, -0.2) is 35.7 Å². The molecule has 112 valence electrons. The summed E-state index contributed by atoms with van der Waals surface area (Å²) in [6.45, 7) is 0. The molecule has 3 aromatic rings. The highest BCUT2D eigenvalue weighted by atomic mass is 79.9. The van der Waals surface area contributed by atoms with Crippen molar-refractivity contribution in [3.8, 4) is 11.4 Å². The van der Waals surface area contributed by atoms with E-state index in [9.17, 15) is 10.1 Å². The molecule has 0 aliphatic heterocycles. The lowest BCUT2D eigenvalue weighted by molar-refractivity contribution is -0.384. The number of nitro benzene ring substituents is 1. The van der Waals surface area contributed by atoms with Gasteiger partial charge in [-0.1, -0.05) is 11.8 Å². The van der Waals surface area contributed by atoms with Crippen LogP contribution in [-0.2, 0) is 0 Å². The summed E-state index contributed by atoms with van der Waals surface area (Å²) in [6.07, 6.45) is 1.83. The number of nitrogen functional groups attached to an aromatic ring is 1. The highest BCUT2D eigenvalue weighted by molar-refractivity contribution is 9.10. The number of rotatable bonds is 3. The maximum atomic E-state index is 10.8. The third-order valence-electron chi connectivity index (χ3n) is 2.80. The van der Waals surface area contributed by atoms with E-state index in [4.69, 9.17) is 5.73 Å². The van der Waals surface area contributed by atoms with Crippen molar-refractivity contribution < 1.29 is 4.92 Å². The zero-order valence-corrected chi connectivity index (χ0v) is 13.5. The van der Waals surface area contributed by atoms with Gasteiger partial charge in [-0.15, -0.1) is 5.10 Å². The van der Waals surface area contributed by atoms with E-state index in [-0.39, 0.29) is 11.6 Å². The molecule has 11 heteroatoms. The molecule has 2 aromatic heterocycles. The Bertz CT molecular complexity index is 898. The molecular weight excluding hydrogens is 374 g/mol. The van der Waals surface area contributed by atoms with Crippen LogP contribution in [0.1, 0.15) is 0 Å². The van der Waals surface area contributed by atoms with Gasteiger partial charge < -0.3 is 5.73 Å². The SMILES string of the molecule is CSc1nc(N)n2nc(-c3ccc([N+](=O)[O-])cc3Br)nc2n1. The molecule has 0 saturated carbocycles. The maximum absolute atomic E-state index is 10.8. The summed E-state index contributed by atoms with van der Waals surface area (Å²) in [6, 6.07) is 4.34. The third kappa shape index (κ3) is 2.48. The molecular formula is C11H8BrN7O2S. The number of fused-ring (bicyclic) bond motifs is 1. The normalized spacial score (nSPS) is 11.0. The van der Waals surface area contributed by atoms with Gasteiger partial charge in [0, 0.05) is 22.2 Å². The van der Waals surface area contributed by atoms with Crippen molar-refractivity contribution in [1.29, 1.82) is 0 Å². The zero-order chi connectivity index (χ0) is 15.9. The number of halogens is 1. The molecule has 22 heavy (non-hydrogen) atoms. The first-order valence-electron chi connectivity index (χ1n) is 5.88. The second kappa shape index (κ2) is 5.50. The Labute approximate surface area is 136 Å². The summed E-state index contributed by atoms with van der Waals surface area (Å²) in [5.41, 5.74) is 6.39. The van der Waals surface area contributed by atoms with Gasteiger partial charge in [-0.05, 0) is 28.3 Å². The Morgan fingerprint density at radius 3 is 2.77 bits per heavy atom. The fourth-order valence-corrected chi connectivity index (χ4v) is 2.69. The van der Waals surface area contributed by atoms with Gasteiger partial charge in [0.05, 0.1) is 4.92 Å². The number of hydrogen-bond acceptors (Lipinski definition) is 8. The molecule has 0 atom stereocenters. The van der Waals surface area contributed by atoms with E-state index >= 15 is 0 Å². The van der Waals surface area contributed by atoms with E-state index in [1.807, 2.05) is 6.26 Å². The quantitative estimate of drug-likeness (QED) is 0.415. The average molecular weight is 382 g/mol. The monoisotopic (exact) mass is 381 g/mol. The van der Waals surface area contributed by atoms with E-state index in [0.29, 0.717) is 26.8 Å². The van der Waals surface area contributed by atoms with Crippen LogP contribution in [0.25, 0.3) is 17.2 Å². The van der Waals surface area contributed by atoms with Gasteiger partial charge in [0.2, 0.25) is 5.95 Å². The molecule has 0 radical (unpaired) electrons. The molecule has 3 rings (SSSR count). The predicted molar refractivity (Wildman–Crippen MR) is 84.6 cm³/mol. The Balaban J connectivity index is 2.14. The molecule has 9 nitrogen and oxygen atoms in total. The molecule has 2 N–H and O–H groups in total. The lowest BCUT2D eigenvalue weighted by atomic mass is 10.2. The summed E-state index contributed by atoms with van der Waals surface area (Å²) < 4.78 is 1.83. The summed E-state index contributed by atoms with van der Waals surface area (Å²) in [5.74, 6) is 0.837. The summed E-state index contributed by atoms with van der Waals surface area (Å²) in [4.78, 5) is 22.9. The molecule has 2 heterocycles. The van der Waals surface area contributed by atoms with Crippen molar-refractivity contribution in [3.05, 3.63) is 32.8 Å². The Morgan fingerprint density at radius 1 is 1.36 bits per heavy atom. The van der Waals surface area contributed by atoms with Gasteiger partial charge in [-0.2, -0.15) is 19.5 Å². The lowest BCUT2D eigenvalue weighted by Crippen LogP contribution is -2.04. The highest BCUT2D eigenvalue weighted by Crippen LogP contribution is 2.30. The lowest BCUT2D eigenvalue weighted by Gasteiger charge is -1.99. The van der Waals surface area contributed by atoms with Crippen molar-refractivity contribution in [3.63, 3.8) is 0 Å². The largest absolute Gasteiger partial charge is 0.368 e. The predicted octanol–water partition coefficient (Wildman–Crippen LogP) is 2.16. The summed E-state index contributed by atoms with van der Waals surface area (Å²) in [5, 5.41) is 15.5. The second-order valence-electron chi connectivity index (χ2n) is 4.14. The fourth-order valence-electron chi connectivity index (χ4n) is 1.79. The number of nitrogens with two attached hydrogens (primary N) is 1. The molecule has 0 unspecified atom stereocenters. The first-order chi connectivity index (χ1) is 10.5. The van der Waals surface area contributed by atoms with Crippen LogP contribution in [0.4, 0.5) is 11.6 Å². The van der Waals surface area contributed by atoms with Crippen LogP contribution < -0.4 is 5.73 Å². The van der Waals surface area contributed by atoms with Crippen molar-refractivity contribution >= 4 is 45.1 Å². The van der Waals surface area contributed by atoms with Crippen molar-refractivity contribution in [2.24, 2.45) is 0 Å². The van der Waals surface area contributed by atoms with Crippen molar-refractivity contribution in [2.45, 2.75) is 5.16 Å². The van der Waals surface area contributed by atoms with Gasteiger partial charge in [0.1, 0.15) is 0 Å². The maximum Gasteiger partial charge on any atom is 0.270 e. The van der Waals surface area contributed by atoms with Crippen molar-refractivity contribution in [1.82, 2.24) is 24.6 Å². The average Bonchev–Trinajstić information content (AvgIpc) is 2.91. The van der Waals surface area contributed by atoms with Crippen molar-refractivity contribution in [2.75, 3.05) is 12.0 Å². The minimum atomic E-state index is -0.472. The summed E-state index contributed by atoms with van der Waals surface area (Å²) >= 11 is 4.63. The highest BCUT2D eigenvalue weighted by Gasteiger charge is 2.16. The van der Waals surface area contributed by atoms with Gasteiger partial charge >= 0.3 is 0 Å². The van der Waals surface area contributed by atoms with E-state index in [0.717, 1.165) is 0 Å². The Kier molecular flexibility index (Phi) is 3.66. The number of benzene rings is 1. The number of nitro groups is 1. The van der Waals surface area contributed by atoms with Crippen LogP contribution in [0.5, 0.6) is 0 Å². The molecule has 0 bridgehead atoms. The molecule has 0 aliphatic rings. The van der Waals surface area contributed by atoms with E-state index in [1.165, 1.54) is 28.4 Å². The van der Waals surface area contributed by atoms with E-state index < -0.39 is 4.92 Å². The van der Waals surface area contributed by atoms with Crippen LogP contribution >= 0.6 is 27.7 Å². The smallest absolute Gasteiger partial charge is 0.270 e. The molecule has 0 fully saturated rings. The molecule has 0 aliphatic carbocycles. The molecule has 0 saturated heterocycles. The third-order valence-corrected chi connectivity index (χ3v) is 4.00. The van der Waals surface area contributed by atoms with Gasteiger partial charge in [0.25, 0.3) is 11.5 Å². The van der Waals surface area contributed by atoms with Crippen LogP contribution in [0.3, 0.4) is 0 Å². The van der Waals surface area contributed by atoms with Gasteiger partial charge in [-0.25, -0.2) is 0 Å². The van der Waals surface area contributed by atoms with Crippen LogP contribution in [0.15, 0.2) is 27.8 Å². The topological polar surface area (TPSA) is 125 Å². The Morgan fingerprint density at radius 2 is 2.14 bits per heavy atom. The number of anilines is 1. The van der Waals surface area contributed by atoms with Gasteiger partial charge in [0.15, 0.2) is 11.0 Å². The standard InChI is InChI=1S/C11H8BrN7O2S/c1-22-11-15-9(13)18-10(16-11)14-8(17-18)6-3-2-5(19(20)21)4-7(6)12/h2-4H,1H3,(H2,13,14,15,16,17). The van der Waals surface area contributed by atoms with Crippen LogP contribution in [0, 0.1) is 10.1 Å². The first kappa shape index (κ1) is 14.7. The minimum absolute atomic E-state index is 0.0247. The number of nitrogens with zero attached hydrogens (tertiary/aromatic N) is 6. The van der Waals surface area contributed by atoms with E-state index in [2.05, 4.69) is 36.0 Å². The second-order valence-corrected chi connectivity index (χ2v) is 5.76. The molecule has 1 aromatic carbocycles. The number of thioether (sulfide) groups is 1. The fraction of sp³-hybridized carbons (Fsp3) is 0.0909. The van der Waals surface area contributed by atoms with Crippen LogP contribution in [0.2, 0.25) is 0 Å². The zero-order valence-electron chi connectivity index (χ0n) is 11.1. The number of aromatic nitrogens is 5. The summed E-state index contributed by atoms with van der Waals surface area (Å²) in [7, 11) is 0. The van der Waals surface area contributed by atoms with Gasteiger partial charge in [-0.3, -0.25) is 10.1 Å². The number of hydrogen-bond donors (Lipinski definition) is 1. The Hall–Kier alpha value is -2.27. The molecule has 0 spiro atoms.